The predicted octanol–water partition coefficient (Wildman–Crippen LogP) is 3.43. The van der Waals surface area contributed by atoms with E-state index in [-0.39, 0.29) is 6.04 Å². The van der Waals surface area contributed by atoms with E-state index in [0.29, 0.717) is 5.92 Å². The Bertz CT molecular complexity index is 442. The molecular formula is C14H18BrNO. The highest BCUT2D eigenvalue weighted by molar-refractivity contribution is 9.10. The highest BCUT2D eigenvalue weighted by Gasteiger charge is 2.34. The van der Waals surface area contributed by atoms with E-state index in [4.69, 9.17) is 10.5 Å². The first kappa shape index (κ1) is 11.5. The monoisotopic (exact) mass is 295 g/mol. The largest absolute Gasteiger partial charge is 0.493 e. The summed E-state index contributed by atoms with van der Waals surface area (Å²) in [6.07, 6.45) is 3.68. The molecule has 92 valence electrons. The van der Waals surface area contributed by atoms with Gasteiger partial charge in [0.1, 0.15) is 5.75 Å². The van der Waals surface area contributed by atoms with Gasteiger partial charge in [0, 0.05) is 22.5 Å². The minimum absolute atomic E-state index is 0.104. The van der Waals surface area contributed by atoms with Crippen LogP contribution in [0.1, 0.15) is 36.9 Å². The predicted molar refractivity (Wildman–Crippen MR) is 72.2 cm³/mol. The first-order valence-corrected chi connectivity index (χ1v) is 7.17. The van der Waals surface area contributed by atoms with Gasteiger partial charge in [-0.2, -0.15) is 0 Å². The SMILES string of the molecule is CC(C1CC1)C(N)c1cc(Br)cc2c1OCC2. The lowest BCUT2D eigenvalue weighted by Gasteiger charge is -2.22. The zero-order chi connectivity index (χ0) is 12.0. The molecule has 2 unspecified atom stereocenters. The van der Waals surface area contributed by atoms with E-state index in [9.17, 15) is 0 Å². The highest BCUT2D eigenvalue weighted by Crippen LogP contribution is 2.45. The second-order valence-corrected chi connectivity index (χ2v) is 6.22. The Labute approximate surface area is 111 Å². The molecule has 17 heavy (non-hydrogen) atoms. The van der Waals surface area contributed by atoms with Gasteiger partial charge in [0.15, 0.2) is 0 Å². The van der Waals surface area contributed by atoms with Gasteiger partial charge < -0.3 is 10.5 Å². The first-order chi connectivity index (χ1) is 8.16. The van der Waals surface area contributed by atoms with Crippen molar-refractivity contribution in [1.29, 1.82) is 0 Å². The number of benzene rings is 1. The summed E-state index contributed by atoms with van der Waals surface area (Å²) in [6.45, 7) is 3.06. The van der Waals surface area contributed by atoms with Crippen molar-refractivity contribution in [2.45, 2.75) is 32.2 Å². The molecule has 2 nitrogen and oxygen atoms in total. The zero-order valence-electron chi connectivity index (χ0n) is 10.1. The van der Waals surface area contributed by atoms with E-state index in [1.165, 1.54) is 24.0 Å². The van der Waals surface area contributed by atoms with Gasteiger partial charge in [0.05, 0.1) is 6.61 Å². The van der Waals surface area contributed by atoms with Crippen LogP contribution in [0, 0.1) is 11.8 Å². The fraction of sp³-hybridized carbons (Fsp3) is 0.571. The quantitative estimate of drug-likeness (QED) is 0.927. The Morgan fingerprint density at radius 1 is 1.41 bits per heavy atom. The summed E-state index contributed by atoms with van der Waals surface area (Å²) < 4.78 is 6.88. The van der Waals surface area contributed by atoms with Gasteiger partial charge in [-0.3, -0.25) is 0 Å². The molecule has 0 bridgehead atoms. The molecule has 1 aliphatic heterocycles. The van der Waals surface area contributed by atoms with Crippen LogP contribution in [0.4, 0.5) is 0 Å². The van der Waals surface area contributed by atoms with Crippen LogP contribution in [0.15, 0.2) is 16.6 Å². The van der Waals surface area contributed by atoms with Gasteiger partial charge in [-0.15, -0.1) is 0 Å². The molecule has 2 aliphatic rings. The molecule has 0 amide bonds. The van der Waals surface area contributed by atoms with E-state index < -0.39 is 0 Å². The number of hydrogen-bond acceptors (Lipinski definition) is 2. The van der Waals surface area contributed by atoms with Crippen LogP contribution in [0.2, 0.25) is 0 Å². The number of halogens is 1. The van der Waals surface area contributed by atoms with Crippen molar-refractivity contribution < 1.29 is 4.74 Å². The van der Waals surface area contributed by atoms with Crippen molar-refractivity contribution in [2.75, 3.05) is 6.61 Å². The van der Waals surface area contributed by atoms with E-state index in [2.05, 4.69) is 35.0 Å². The summed E-state index contributed by atoms with van der Waals surface area (Å²) in [4.78, 5) is 0. The number of rotatable bonds is 3. The van der Waals surface area contributed by atoms with Crippen molar-refractivity contribution in [3.63, 3.8) is 0 Å². The Balaban J connectivity index is 1.96. The molecule has 3 rings (SSSR count). The van der Waals surface area contributed by atoms with E-state index >= 15 is 0 Å². The summed E-state index contributed by atoms with van der Waals surface area (Å²) in [6, 6.07) is 4.39. The van der Waals surface area contributed by atoms with E-state index in [0.717, 1.165) is 29.2 Å². The van der Waals surface area contributed by atoms with Gasteiger partial charge in [0.25, 0.3) is 0 Å². The third kappa shape index (κ3) is 2.11. The van der Waals surface area contributed by atoms with Crippen LogP contribution in [0.25, 0.3) is 0 Å². The molecule has 1 aliphatic carbocycles. The summed E-state index contributed by atoms with van der Waals surface area (Å²) >= 11 is 3.57. The molecule has 1 aromatic rings. The molecular weight excluding hydrogens is 278 g/mol. The smallest absolute Gasteiger partial charge is 0.127 e. The molecule has 2 N–H and O–H groups in total. The Kier molecular flexibility index (Phi) is 2.91. The third-order valence-corrected chi connectivity index (χ3v) is 4.53. The van der Waals surface area contributed by atoms with Gasteiger partial charge in [-0.1, -0.05) is 22.9 Å². The van der Waals surface area contributed by atoms with Crippen LogP contribution in [-0.2, 0) is 6.42 Å². The van der Waals surface area contributed by atoms with E-state index in [1.807, 2.05) is 0 Å². The number of hydrogen-bond donors (Lipinski definition) is 1. The maximum absolute atomic E-state index is 6.42. The normalized spacial score (nSPS) is 21.8. The van der Waals surface area contributed by atoms with Crippen molar-refractivity contribution >= 4 is 15.9 Å². The van der Waals surface area contributed by atoms with Crippen LogP contribution < -0.4 is 10.5 Å². The van der Waals surface area contributed by atoms with Gasteiger partial charge in [-0.25, -0.2) is 0 Å². The summed E-state index contributed by atoms with van der Waals surface area (Å²) in [5.41, 5.74) is 8.91. The minimum Gasteiger partial charge on any atom is -0.493 e. The van der Waals surface area contributed by atoms with Gasteiger partial charge >= 0.3 is 0 Å². The Morgan fingerprint density at radius 2 is 2.18 bits per heavy atom. The summed E-state index contributed by atoms with van der Waals surface area (Å²) in [5, 5.41) is 0. The number of nitrogens with two attached hydrogens (primary N) is 1. The summed E-state index contributed by atoms with van der Waals surface area (Å²) in [7, 11) is 0. The van der Waals surface area contributed by atoms with Crippen molar-refractivity contribution in [3.05, 3.63) is 27.7 Å². The second kappa shape index (κ2) is 4.29. The van der Waals surface area contributed by atoms with E-state index in [1.54, 1.807) is 0 Å². The van der Waals surface area contributed by atoms with Crippen molar-refractivity contribution in [1.82, 2.24) is 0 Å². The van der Waals surface area contributed by atoms with Gasteiger partial charge in [-0.05, 0) is 42.4 Å². The van der Waals surface area contributed by atoms with Crippen LogP contribution in [0.5, 0.6) is 5.75 Å². The first-order valence-electron chi connectivity index (χ1n) is 6.37. The average molecular weight is 296 g/mol. The highest BCUT2D eigenvalue weighted by atomic mass is 79.9. The van der Waals surface area contributed by atoms with Crippen molar-refractivity contribution in [3.8, 4) is 5.75 Å². The number of fused-ring (bicyclic) bond motifs is 1. The molecule has 0 aromatic heterocycles. The molecule has 0 saturated heterocycles. The fourth-order valence-electron chi connectivity index (χ4n) is 2.74. The maximum atomic E-state index is 6.42. The molecule has 3 heteroatoms. The lowest BCUT2D eigenvalue weighted by Crippen LogP contribution is -2.21. The standard InChI is InChI=1S/C14H18BrNO/c1-8(9-2-3-9)13(16)12-7-11(15)6-10-4-5-17-14(10)12/h6-9,13H,2-5,16H2,1H3. The molecule has 1 fully saturated rings. The fourth-order valence-corrected chi connectivity index (χ4v) is 3.27. The summed E-state index contributed by atoms with van der Waals surface area (Å²) in [5.74, 6) is 2.42. The van der Waals surface area contributed by atoms with Crippen molar-refractivity contribution in [2.24, 2.45) is 17.6 Å². The Morgan fingerprint density at radius 3 is 2.88 bits per heavy atom. The second-order valence-electron chi connectivity index (χ2n) is 5.30. The topological polar surface area (TPSA) is 35.2 Å². The average Bonchev–Trinajstić information content (AvgIpc) is 3.05. The molecule has 2 atom stereocenters. The maximum Gasteiger partial charge on any atom is 0.127 e. The minimum atomic E-state index is 0.104. The van der Waals surface area contributed by atoms with Crippen LogP contribution in [-0.4, -0.2) is 6.61 Å². The third-order valence-electron chi connectivity index (χ3n) is 4.07. The van der Waals surface area contributed by atoms with Gasteiger partial charge in [0.2, 0.25) is 0 Å². The molecule has 1 aromatic carbocycles. The molecule has 1 saturated carbocycles. The Hall–Kier alpha value is -0.540. The lowest BCUT2D eigenvalue weighted by molar-refractivity contribution is 0.340. The number of ether oxygens (including phenoxy) is 1. The molecule has 0 spiro atoms. The lowest BCUT2D eigenvalue weighted by atomic mass is 9.90. The van der Waals surface area contributed by atoms with Crippen LogP contribution >= 0.6 is 15.9 Å². The zero-order valence-corrected chi connectivity index (χ0v) is 11.7. The molecule has 1 heterocycles. The van der Waals surface area contributed by atoms with Crippen LogP contribution in [0.3, 0.4) is 0 Å². The molecule has 0 radical (unpaired) electrons.